The lowest BCUT2D eigenvalue weighted by Crippen LogP contribution is -2.04. The minimum absolute atomic E-state index is 0.623. The fourth-order valence-electron chi connectivity index (χ4n) is 2.38. The molecule has 1 atom stereocenters. The Morgan fingerprint density at radius 3 is 2.84 bits per heavy atom. The van der Waals surface area contributed by atoms with E-state index < -0.39 is 0 Å². The Hall–Kier alpha value is -0.840. The van der Waals surface area contributed by atoms with E-state index in [0.29, 0.717) is 5.25 Å². The molecule has 1 aliphatic rings. The van der Waals surface area contributed by atoms with Gasteiger partial charge in [0.15, 0.2) is 0 Å². The van der Waals surface area contributed by atoms with Crippen LogP contribution >= 0.6 is 23.1 Å². The Kier molecular flexibility index (Phi) is 4.21. The van der Waals surface area contributed by atoms with Crippen LogP contribution in [0.2, 0.25) is 0 Å². The summed E-state index contributed by atoms with van der Waals surface area (Å²) in [5, 5.41) is 5.20. The van der Waals surface area contributed by atoms with Crippen molar-refractivity contribution in [1.29, 1.82) is 0 Å². The molecular weight excluding hydrogens is 272 g/mol. The Morgan fingerprint density at radius 2 is 2.16 bits per heavy atom. The molecule has 1 saturated heterocycles. The normalized spacial score (nSPS) is 18.9. The quantitative estimate of drug-likeness (QED) is 0.917. The first-order chi connectivity index (χ1) is 9.38. The summed E-state index contributed by atoms with van der Waals surface area (Å²) in [6.07, 6.45) is 2.61. The smallest absolute Gasteiger partial charge is 0.107 e. The van der Waals surface area contributed by atoms with Crippen molar-refractivity contribution in [1.82, 2.24) is 10.3 Å². The number of nitrogens with one attached hydrogen (secondary N) is 1. The summed E-state index contributed by atoms with van der Waals surface area (Å²) in [6, 6.07) is 10.5. The monoisotopic (exact) mass is 290 g/mol. The van der Waals surface area contributed by atoms with Gasteiger partial charge in [0.25, 0.3) is 0 Å². The van der Waals surface area contributed by atoms with Crippen LogP contribution < -0.4 is 5.32 Å². The Labute approximate surface area is 122 Å². The topological polar surface area (TPSA) is 24.9 Å². The van der Waals surface area contributed by atoms with Crippen LogP contribution in [0, 0.1) is 0 Å². The first kappa shape index (κ1) is 13.2. The van der Waals surface area contributed by atoms with Gasteiger partial charge in [0.1, 0.15) is 5.01 Å². The van der Waals surface area contributed by atoms with Gasteiger partial charge in [-0.2, -0.15) is 11.8 Å². The molecule has 19 heavy (non-hydrogen) atoms. The van der Waals surface area contributed by atoms with Gasteiger partial charge in [-0.1, -0.05) is 30.3 Å². The van der Waals surface area contributed by atoms with Gasteiger partial charge in [0.2, 0.25) is 0 Å². The summed E-state index contributed by atoms with van der Waals surface area (Å²) in [5.41, 5.74) is 2.40. The minimum Gasteiger partial charge on any atom is -0.315 e. The molecule has 0 aliphatic carbocycles. The van der Waals surface area contributed by atoms with E-state index in [1.807, 2.05) is 18.4 Å². The highest BCUT2D eigenvalue weighted by Crippen LogP contribution is 2.43. The lowest BCUT2D eigenvalue weighted by Gasteiger charge is -2.02. The van der Waals surface area contributed by atoms with Gasteiger partial charge < -0.3 is 5.32 Å². The average molecular weight is 290 g/mol. The van der Waals surface area contributed by atoms with E-state index >= 15 is 0 Å². The molecule has 100 valence electrons. The van der Waals surface area contributed by atoms with E-state index in [0.717, 1.165) is 6.54 Å². The van der Waals surface area contributed by atoms with Crippen LogP contribution in [0.1, 0.15) is 28.0 Å². The molecule has 0 spiro atoms. The zero-order valence-corrected chi connectivity index (χ0v) is 12.7. The highest BCUT2D eigenvalue weighted by atomic mass is 32.2. The van der Waals surface area contributed by atoms with E-state index in [1.165, 1.54) is 39.7 Å². The largest absolute Gasteiger partial charge is 0.315 e. The summed E-state index contributed by atoms with van der Waals surface area (Å²) in [5.74, 6) is 1.28. The minimum atomic E-state index is 0.623. The number of hydrogen-bond acceptors (Lipinski definition) is 4. The molecule has 1 aromatic carbocycles. The molecule has 2 heterocycles. The summed E-state index contributed by atoms with van der Waals surface area (Å²) < 4.78 is 0. The maximum Gasteiger partial charge on any atom is 0.107 e. The van der Waals surface area contributed by atoms with Crippen molar-refractivity contribution in [3.8, 4) is 11.3 Å². The van der Waals surface area contributed by atoms with Gasteiger partial charge >= 0.3 is 0 Å². The lowest BCUT2D eigenvalue weighted by molar-refractivity contribution is 0.821. The second-order valence-corrected chi connectivity index (χ2v) is 7.15. The molecular formula is C15H18N2S2. The van der Waals surface area contributed by atoms with Crippen molar-refractivity contribution in [2.24, 2.45) is 0 Å². The Bertz CT molecular complexity index is 530. The highest BCUT2D eigenvalue weighted by molar-refractivity contribution is 7.99. The number of aromatic nitrogens is 1. The van der Waals surface area contributed by atoms with Crippen molar-refractivity contribution >= 4 is 23.1 Å². The van der Waals surface area contributed by atoms with Gasteiger partial charge in [-0.05, 0) is 25.6 Å². The van der Waals surface area contributed by atoms with Crippen LogP contribution in [0.4, 0.5) is 0 Å². The predicted octanol–water partition coefficient (Wildman–Crippen LogP) is 4.10. The van der Waals surface area contributed by atoms with E-state index in [4.69, 9.17) is 4.98 Å². The molecule has 1 fully saturated rings. The maximum atomic E-state index is 4.94. The van der Waals surface area contributed by atoms with Crippen molar-refractivity contribution in [3.63, 3.8) is 0 Å². The van der Waals surface area contributed by atoms with Crippen molar-refractivity contribution in [2.45, 2.75) is 24.6 Å². The molecule has 3 rings (SSSR count). The average Bonchev–Trinajstić information content (AvgIpc) is 3.08. The fraction of sp³-hybridized carbons (Fsp3) is 0.400. The number of rotatable bonds is 4. The van der Waals surface area contributed by atoms with Crippen molar-refractivity contribution < 1.29 is 0 Å². The second-order valence-electron chi connectivity index (χ2n) is 4.72. The third-order valence-corrected chi connectivity index (χ3v) is 6.01. The first-order valence-corrected chi connectivity index (χ1v) is 8.56. The fourth-order valence-corrected chi connectivity index (χ4v) is 4.99. The predicted molar refractivity (Wildman–Crippen MR) is 84.7 cm³/mol. The Balaban J connectivity index is 1.97. The molecule has 2 nitrogen and oxygen atoms in total. The maximum absolute atomic E-state index is 4.94. The van der Waals surface area contributed by atoms with Crippen LogP contribution in [0.5, 0.6) is 0 Å². The van der Waals surface area contributed by atoms with Crippen LogP contribution in [0.15, 0.2) is 30.3 Å². The third kappa shape index (κ3) is 2.86. The van der Waals surface area contributed by atoms with E-state index in [1.54, 1.807) is 0 Å². The van der Waals surface area contributed by atoms with Gasteiger partial charge in [0, 0.05) is 17.0 Å². The molecule has 1 aromatic heterocycles. The van der Waals surface area contributed by atoms with Crippen LogP contribution in [0.3, 0.4) is 0 Å². The zero-order chi connectivity index (χ0) is 13.1. The van der Waals surface area contributed by atoms with E-state index in [-0.39, 0.29) is 0 Å². The molecule has 1 N–H and O–H groups in total. The van der Waals surface area contributed by atoms with E-state index in [2.05, 4.69) is 47.4 Å². The standard InChI is InChI=1S/C15H18N2S2/c1-16-10-13-14(11-6-3-2-4-7-11)17-15(19-13)12-8-5-9-18-12/h2-4,6-7,12,16H,5,8-10H2,1H3. The third-order valence-electron chi connectivity index (χ3n) is 3.30. The SMILES string of the molecule is CNCc1sc(C2CCCS2)nc1-c1ccccc1. The molecule has 4 heteroatoms. The Morgan fingerprint density at radius 1 is 1.32 bits per heavy atom. The van der Waals surface area contributed by atoms with Gasteiger partial charge in [-0.25, -0.2) is 4.98 Å². The van der Waals surface area contributed by atoms with Gasteiger partial charge in [0.05, 0.1) is 10.9 Å². The zero-order valence-electron chi connectivity index (χ0n) is 11.1. The molecule has 0 amide bonds. The number of thiazole rings is 1. The van der Waals surface area contributed by atoms with Gasteiger partial charge in [-0.15, -0.1) is 11.3 Å². The molecule has 0 saturated carbocycles. The summed E-state index contributed by atoms with van der Waals surface area (Å²) in [7, 11) is 2.00. The number of benzene rings is 1. The molecule has 1 unspecified atom stereocenters. The van der Waals surface area contributed by atoms with Crippen LogP contribution in [-0.4, -0.2) is 17.8 Å². The van der Waals surface area contributed by atoms with Crippen LogP contribution in [-0.2, 0) is 6.54 Å². The summed E-state index contributed by atoms with van der Waals surface area (Å²) >= 11 is 3.94. The molecule has 2 aromatic rings. The van der Waals surface area contributed by atoms with Crippen molar-refractivity contribution in [3.05, 3.63) is 40.2 Å². The molecule has 0 radical (unpaired) electrons. The number of nitrogens with zero attached hydrogens (tertiary/aromatic N) is 1. The summed E-state index contributed by atoms with van der Waals surface area (Å²) in [4.78, 5) is 6.30. The summed E-state index contributed by atoms with van der Waals surface area (Å²) in [6.45, 7) is 0.902. The van der Waals surface area contributed by atoms with Gasteiger partial charge in [-0.3, -0.25) is 0 Å². The first-order valence-electron chi connectivity index (χ1n) is 6.69. The van der Waals surface area contributed by atoms with E-state index in [9.17, 15) is 0 Å². The number of thioether (sulfide) groups is 1. The second kappa shape index (κ2) is 6.07. The molecule has 1 aliphatic heterocycles. The van der Waals surface area contributed by atoms with Crippen molar-refractivity contribution in [2.75, 3.05) is 12.8 Å². The highest BCUT2D eigenvalue weighted by Gasteiger charge is 2.23. The molecule has 0 bridgehead atoms. The number of hydrogen-bond donors (Lipinski definition) is 1. The van der Waals surface area contributed by atoms with Crippen LogP contribution in [0.25, 0.3) is 11.3 Å². The lowest BCUT2D eigenvalue weighted by atomic mass is 10.1.